The van der Waals surface area contributed by atoms with Crippen LogP contribution in [0.15, 0.2) is 48.5 Å². The van der Waals surface area contributed by atoms with Crippen LogP contribution in [0.4, 0.5) is 4.39 Å². The molecule has 3 rings (SSSR count). The molecule has 0 aromatic heterocycles. The SMILES string of the molecule is COc1ccccc1CC(=O)N1CC[C@H](O)[C@H](Cc2ccccc2F)C1. The average molecular weight is 357 g/mol. The number of nitrogens with zero attached hydrogens (tertiary/aromatic N) is 1. The number of rotatable bonds is 5. The number of amides is 1. The monoisotopic (exact) mass is 357 g/mol. The molecule has 138 valence electrons. The van der Waals surface area contributed by atoms with Gasteiger partial charge in [0.15, 0.2) is 0 Å². The van der Waals surface area contributed by atoms with Gasteiger partial charge in [0.2, 0.25) is 5.91 Å². The maximum atomic E-state index is 13.9. The van der Waals surface area contributed by atoms with Gasteiger partial charge >= 0.3 is 0 Å². The van der Waals surface area contributed by atoms with Crippen LogP contribution < -0.4 is 4.74 Å². The lowest BCUT2D eigenvalue weighted by Crippen LogP contribution is -2.47. The fourth-order valence-corrected chi connectivity index (χ4v) is 3.52. The number of aliphatic hydroxyl groups excluding tert-OH is 1. The minimum Gasteiger partial charge on any atom is -0.496 e. The smallest absolute Gasteiger partial charge is 0.227 e. The Morgan fingerprint density at radius 1 is 1.19 bits per heavy atom. The van der Waals surface area contributed by atoms with Crippen LogP contribution >= 0.6 is 0 Å². The predicted octanol–water partition coefficient (Wildman–Crippen LogP) is 2.83. The molecule has 1 amide bonds. The van der Waals surface area contributed by atoms with Gasteiger partial charge in [-0.15, -0.1) is 0 Å². The highest BCUT2D eigenvalue weighted by molar-refractivity contribution is 5.79. The quantitative estimate of drug-likeness (QED) is 0.895. The molecule has 2 aromatic carbocycles. The Kier molecular flexibility index (Phi) is 5.89. The molecule has 1 aliphatic heterocycles. The summed E-state index contributed by atoms with van der Waals surface area (Å²) in [6.07, 6.45) is 0.667. The van der Waals surface area contributed by atoms with Crippen LogP contribution in [0.1, 0.15) is 17.5 Å². The molecule has 0 radical (unpaired) electrons. The average Bonchev–Trinajstić information content (AvgIpc) is 2.65. The van der Waals surface area contributed by atoms with Crippen molar-refractivity contribution in [2.75, 3.05) is 20.2 Å². The Morgan fingerprint density at radius 2 is 1.88 bits per heavy atom. The first kappa shape index (κ1) is 18.4. The molecule has 2 atom stereocenters. The molecule has 0 unspecified atom stereocenters. The first-order valence-corrected chi connectivity index (χ1v) is 8.89. The number of aliphatic hydroxyl groups is 1. The predicted molar refractivity (Wildman–Crippen MR) is 97.5 cm³/mol. The third-order valence-electron chi connectivity index (χ3n) is 5.02. The second-order valence-corrected chi connectivity index (χ2v) is 6.74. The second-order valence-electron chi connectivity index (χ2n) is 6.74. The van der Waals surface area contributed by atoms with E-state index in [1.807, 2.05) is 24.3 Å². The summed E-state index contributed by atoms with van der Waals surface area (Å²) in [5.41, 5.74) is 1.42. The summed E-state index contributed by atoms with van der Waals surface area (Å²) in [5.74, 6) is 0.264. The van der Waals surface area contributed by atoms with Gasteiger partial charge in [-0.1, -0.05) is 36.4 Å². The summed E-state index contributed by atoms with van der Waals surface area (Å²) in [5, 5.41) is 10.3. The van der Waals surface area contributed by atoms with Gasteiger partial charge in [0.25, 0.3) is 0 Å². The molecule has 1 heterocycles. The van der Waals surface area contributed by atoms with Crippen molar-refractivity contribution in [3.05, 3.63) is 65.5 Å². The van der Waals surface area contributed by atoms with Crippen molar-refractivity contribution >= 4 is 5.91 Å². The molecule has 5 heteroatoms. The Morgan fingerprint density at radius 3 is 2.62 bits per heavy atom. The lowest BCUT2D eigenvalue weighted by molar-refractivity contribution is -0.134. The van der Waals surface area contributed by atoms with Gasteiger partial charge in [-0.3, -0.25) is 4.79 Å². The largest absolute Gasteiger partial charge is 0.496 e. The van der Waals surface area contributed by atoms with E-state index in [-0.39, 0.29) is 24.1 Å². The highest BCUT2D eigenvalue weighted by Crippen LogP contribution is 2.24. The minimum atomic E-state index is -0.523. The van der Waals surface area contributed by atoms with Crippen LogP contribution in [0, 0.1) is 11.7 Å². The zero-order valence-corrected chi connectivity index (χ0v) is 14.9. The van der Waals surface area contributed by atoms with Crippen LogP contribution in [-0.2, 0) is 17.6 Å². The number of ether oxygens (including phenoxy) is 1. The Labute approximate surface area is 153 Å². The third-order valence-corrected chi connectivity index (χ3v) is 5.02. The highest BCUT2D eigenvalue weighted by atomic mass is 19.1. The molecule has 0 aliphatic carbocycles. The van der Waals surface area contributed by atoms with Gasteiger partial charge in [0.05, 0.1) is 19.6 Å². The number of likely N-dealkylation sites (tertiary alicyclic amines) is 1. The zero-order valence-electron chi connectivity index (χ0n) is 14.9. The van der Waals surface area contributed by atoms with Gasteiger partial charge in [-0.25, -0.2) is 4.39 Å². The Bertz CT molecular complexity index is 764. The number of benzene rings is 2. The molecule has 1 N–H and O–H groups in total. The second kappa shape index (κ2) is 8.32. The fourth-order valence-electron chi connectivity index (χ4n) is 3.52. The van der Waals surface area contributed by atoms with Crippen LogP contribution in [0.2, 0.25) is 0 Å². The van der Waals surface area contributed by atoms with E-state index >= 15 is 0 Å². The molecule has 1 saturated heterocycles. The Balaban J connectivity index is 1.67. The molecule has 26 heavy (non-hydrogen) atoms. The molecule has 4 nitrogen and oxygen atoms in total. The van der Waals surface area contributed by atoms with Crippen molar-refractivity contribution in [2.24, 2.45) is 5.92 Å². The van der Waals surface area contributed by atoms with E-state index in [0.717, 1.165) is 5.56 Å². The summed E-state index contributed by atoms with van der Waals surface area (Å²) in [6, 6.07) is 14.1. The summed E-state index contributed by atoms with van der Waals surface area (Å²) in [4.78, 5) is 14.5. The van der Waals surface area contributed by atoms with Gasteiger partial charge in [0, 0.05) is 24.6 Å². The first-order valence-electron chi connectivity index (χ1n) is 8.89. The van der Waals surface area contributed by atoms with E-state index in [4.69, 9.17) is 4.74 Å². The molecule has 2 aromatic rings. The number of hydrogen-bond donors (Lipinski definition) is 1. The van der Waals surface area contributed by atoms with Gasteiger partial charge in [-0.05, 0) is 30.5 Å². The van der Waals surface area contributed by atoms with Crippen molar-refractivity contribution in [1.29, 1.82) is 0 Å². The van der Waals surface area contributed by atoms with E-state index < -0.39 is 6.10 Å². The number of halogens is 1. The number of hydrogen-bond acceptors (Lipinski definition) is 3. The summed E-state index contributed by atoms with van der Waals surface area (Å²) >= 11 is 0. The van der Waals surface area contributed by atoms with Crippen LogP contribution in [-0.4, -0.2) is 42.2 Å². The highest BCUT2D eigenvalue weighted by Gasteiger charge is 2.31. The maximum Gasteiger partial charge on any atom is 0.227 e. The zero-order chi connectivity index (χ0) is 18.5. The van der Waals surface area contributed by atoms with E-state index in [1.165, 1.54) is 6.07 Å². The molecule has 0 spiro atoms. The van der Waals surface area contributed by atoms with Crippen LogP contribution in [0.3, 0.4) is 0 Å². The van der Waals surface area contributed by atoms with Crippen LogP contribution in [0.25, 0.3) is 0 Å². The lowest BCUT2D eigenvalue weighted by Gasteiger charge is -2.36. The van der Waals surface area contributed by atoms with Gasteiger partial charge < -0.3 is 14.7 Å². The molecular formula is C21H24FNO3. The van der Waals surface area contributed by atoms with Crippen molar-refractivity contribution in [3.8, 4) is 5.75 Å². The van der Waals surface area contributed by atoms with Gasteiger partial charge in [0.1, 0.15) is 11.6 Å². The Hall–Kier alpha value is -2.40. The maximum absolute atomic E-state index is 13.9. The summed E-state index contributed by atoms with van der Waals surface area (Å²) in [6.45, 7) is 0.951. The number of carbonyl (C=O) groups is 1. The van der Waals surface area contributed by atoms with E-state index in [9.17, 15) is 14.3 Å². The molecule has 1 fully saturated rings. The standard InChI is InChI=1S/C21H24FNO3/c1-26-20-9-5-3-7-16(20)13-21(25)23-11-10-19(24)17(14-23)12-15-6-2-4-8-18(15)22/h2-9,17,19,24H,10-14H2,1H3/t17-,19+/m1/s1. The van der Waals surface area contributed by atoms with E-state index in [2.05, 4.69) is 0 Å². The number of carbonyl (C=O) groups excluding carboxylic acids is 1. The summed E-state index contributed by atoms with van der Waals surface area (Å²) < 4.78 is 19.2. The van der Waals surface area contributed by atoms with Crippen molar-refractivity contribution in [2.45, 2.75) is 25.4 Å². The molecule has 0 saturated carbocycles. The minimum absolute atomic E-state index is 0.0000615. The first-order chi connectivity index (χ1) is 12.6. The molecule has 0 bridgehead atoms. The van der Waals surface area contributed by atoms with E-state index in [1.54, 1.807) is 30.2 Å². The number of para-hydroxylation sites is 1. The summed E-state index contributed by atoms with van der Waals surface area (Å²) in [7, 11) is 1.59. The van der Waals surface area contributed by atoms with Crippen molar-refractivity contribution in [3.63, 3.8) is 0 Å². The lowest BCUT2D eigenvalue weighted by atomic mass is 9.88. The van der Waals surface area contributed by atoms with Crippen molar-refractivity contribution in [1.82, 2.24) is 4.90 Å². The van der Waals surface area contributed by atoms with Crippen LogP contribution in [0.5, 0.6) is 5.75 Å². The number of piperidine rings is 1. The molecular weight excluding hydrogens is 333 g/mol. The fraction of sp³-hybridized carbons (Fsp3) is 0.381. The van der Waals surface area contributed by atoms with Crippen molar-refractivity contribution < 1.29 is 19.0 Å². The van der Waals surface area contributed by atoms with Gasteiger partial charge in [-0.2, -0.15) is 0 Å². The topological polar surface area (TPSA) is 49.8 Å². The van der Waals surface area contributed by atoms with E-state index in [0.29, 0.717) is 37.2 Å². The normalized spacial score (nSPS) is 20.0. The molecule has 1 aliphatic rings. The third kappa shape index (κ3) is 4.22. The number of methoxy groups -OCH3 is 1.